The van der Waals surface area contributed by atoms with E-state index in [4.69, 9.17) is 18.9 Å². The van der Waals surface area contributed by atoms with Crippen molar-refractivity contribution in [2.24, 2.45) is 0 Å². The molecule has 2 aromatic carbocycles. The summed E-state index contributed by atoms with van der Waals surface area (Å²) in [5, 5.41) is 12.1. The normalized spacial score (nSPS) is 9.75. The molecule has 32 heavy (non-hydrogen) atoms. The van der Waals surface area contributed by atoms with E-state index in [9.17, 15) is 5.11 Å². The topological polar surface area (TPSA) is 70.0 Å². The van der Waals surface area contributed by atoms with Crippen molar-refractivity contribution in [3.05, 3.63) is 47.8 Å². The fraction of sp³-hybridized carbons (Fsp3) is 0.423. The molecule has 1 heterocycles. The second kappa shape index (κ2) is 14.0. The van der Waals surface area contributed by atoms with Crippen LogP contribution in [0.25, 0.3) is 10.8 Å². The lowest BCUT2D eigenvalue weighted by Crippen LogP contribution is -2.01. The Balaban J connectivity index is 0.00000121. The Bertz CT molecular complexity index is 947. The third-order valence-electron chi connectivity index (χ3n) is 4.46. The minimum absolute atomic E-state index is 0.107. The fourth-order valence-electron chi connectivity index (χ4n) is 3.23. The van der Waals surface area contributed by atoms with Gasteiger partial charge in [-0.05, 0) is 55.0 Å². The smallest absolute Gasteiger partial charge is 0.203 e. The van der Waals surface area contributed by atoms with E-state index < -0.39 is 0 Å². The average Bonchev–Trinajstić information content (AvgIpc) is 2.84. The molecule has 0 aliphatic carbocycles. The predicted molar refractivity (Wildman–Crippen MR) is 131 cm³/mol. The van der Waals surface area contributed by atoms with E-state index >= 15 is 0 Å². The van der Waals surface area contributed by atoms with E-state index in [-0.39, 0.29) is 5.75 Å². The van der Waals surface area contributed by atoms with Gasteiger partial charge in [-0.2, -0.15) is 0 Å². The molecule has 0 radical (unpaired) electrons. The van der Waals surface area contributed by atoms with Crippen molar-refractivity contribution >= 4 is 10.8 Å². The van der Waals surface area contributed by atoms with E-state index in [1.54, 1.807) is 32.7 Å². The van der Waals surface area contributed by atoms with E-state index in [2.05, 4.69) is 4.98 Å². The van der Waals surface area contributed by atoms with Crippen molar-refractivity contribution in [1.82, 2.24) is 4.98 Å². The number of benzene rings is 2. The minimum Gasteiger partial charge on any atom is -0.504 e. The van der Waals surface area contributed by atoms with Crippen molar-refractivity contribution in [2.75, 3.05) is 27.4 Å². The van der Waals surface area contributed by atoms with E-state index in [0.29, 0.717) is 48.0 Å². The number of hydrogen-bond acceptors (Lipinski definition) is 6. The second-order valence-corrected chi connectivity index (χ2v) is 6.18. The van der Waals surface area contributed by atoms with Gasteiger partial charge in [0.25, 0.3) is 0 Å². The van der Waals surface area contributed by atoms with E-state index in [1.807, 2.05) is 59.7 Å². The number of pyridine rings is 1. The van der Waals surface area contributed by atoms with Gasteiger partial charge >= 0.3 is 0 Å². The molecule has 3 rings (SSSR count). The monoisotopic (exact) mass is 443 g/mol. The number of aromatic nitrogens is 1. The minimum atomic E-state index is 0.107. The summed E-state index contributed by atoms with van der Waals surface area (Å²) in [6.07, 6.45) is 4.05. The fourth-order valence-corrected chi connectivity index (χ4v) is 3.23. The standard InChI is InChI=1S/C22H25NO5.2C2H6/c1-5-27-18-8-7-16-15(12-23-13-17(16)21(18)24)9-14-10-19(25-3)22(28-6-2)20(11-14)26-4;2*1-2/h7-8,10-13,24H,5-6,9H2,1-4H3;2*1-2H3. The highest BCUT2D eigenvalue weighted by atomic mass is 16.5. The van der Waals surface area contributed by atoms with Gasteiger partial charge in [-0.15, -0.1) is 0 Å². The maximum atomic E-state index is 10.5. The van der Waals surface area contributed by atoms with Gasteiger partial charge in [0.1, 0.15) is 0 Å². The van der Waals surface area contributed by atoms with Crippen LogP contribution >= 0.6 is 0 Å². The summed E-state index contributed by atoms with van der Waals surface area (Å²) in [5.41, 5.74) is 1.96. The molecule has 1 aromatic heterocycles. The highest BCUT2D eigenvalue weighted by Gasteiger charge is 2.16. The molecule has 0 saturated carbocycles. The van der Waals surface area contributed by atoms with Crippen LogP contribution < -0.4 is 18.9 Å². The number of aromatic hydroxyl groups is 1. The zero-order valence-electron chi connectivity index (χ0n) is 20.6. The molecule has 1 N–H and O–H groups in total. The molecular formula is C26H37NO5. The molecule has 0 fully saturated rings. The molecule has 0 amide bonds. The lowest BCUT2D eigenvalue weighted by molar-refractivity contribution is 0.288. The zero-order chi connectivity index (χ0) is 24.1. The van der Waals surface area contributed by atoms with Crippen molar-refractivity contribution < 1.29 is 24.1 Å². The molecule has 0 saturated heterocycles. The van der Waals surface area contributed by atoms with Crippen LogP contribution in [0.15, 0.2) is 36.7 Å². The number of hydrogen-bond donors (Lipinski definition) is 1. The summed E-state index contributed by atoms with van der Waals surface area (Å²) < 4.78 is 22.1. The highest BCUT2D eigenvalue weighted by molar-refractivity contribution is 5.92. The van der Waals surface area contributed by atoms with Gasteiger partial charge in [-0.1, -0.05) is 33.8 Å². The molecule has 0 atom stereocenters. The largest absolute Gasteiger partial charge is 0.504 e. The van der Waals surface area contributed by atoms with Crippen LogP contribution in [0, 0.1) is 0 Å². The van der Waals surface area contributed by atoms with Gasteiger partial charge in [-0.3, -0.25) is 4.98 Å². The van der Waals surface area contributed by atoms with Gasteiger partial charge in [0.2, 0.25) is 5.75 Å². The number of fused-ring (bicyclic) bond motifs is 1. The maximum absolute atomic E-state index is 10.5. The first-order chi connectivity index (χ1) is 15.6. The third kappa shape index (κ3) is 6.19. The first kappa shape index (κ1) is 26.9. The average molecular weight is 444 g/mol. The van der Waals surface area contributed by atoms with Gasteiger partial charge < -0.3 is 24.1 Å². The molecule has 6 nitrogen and oxygen atoms in total. The number of rotatable bonds is 8. The molecule has 176 valence electrons. The number of nitrogens with zero attached hydrogens (tertiary/aromatic N) is 1. The SMILES string of the molecule is CC.CC.CCOc1ccc2c(Cc3cc(OC)c(OCC)c(OC)c3)cncc2c1O. The van der Waals surface area contributed by atoms with Gasteiger partial charge in [0.05, 0.1) is 27.4 Å². The number of ether oxygens (including phenoxy) is 4. The van der Waals surface area contributed by atoms with Gasteiger partial charge in [0, 0.05) is 17.8 Å². The van der Waals surface area contributed by atoms with Gasteiger partial charge in [0.15, 0.2) is 23.0 Å². The Morgan fingerprint density at radius 1 is 0.781 bits per heavy atom. The molecule has 0 spiro atoms. The second-order valence-electron chi connectivity index (χ2n) is 6.18. The lowest BCUT2D eigenvalue weighted by atomic mass is 9.99. The molecule has 3 aromatic rings. The zero-order valence-corrected chi connectivity index (χ0v) is 20.6. The Morgan fingerprint density at radius 2 is 1.38 bits per heavy atom. The van der Waals surface area contributed by atoms with E-state index in [0.717, 1.165) is 16.5 Å². The summed E-state index contributed by atoms with van der Waals surface area (Å²) in [7, 11) is 3.21. The predicted octanol–water partition coefficient (Wildman–Crippen LogP) is 6.40. The number of methoxy groups -OCH3 is 2. The first-order valence-electron chi connectivity index (χ1n) is 11.2. The van der Waals surface area contributed by atoms with Crippen LogP contribution in [0.1, 0.15) is 52.7 Å². The highest BCUT2D eigenvalue weighted by Crippen LogP contribution is 2.40. The van der Waals surface area contributed by atoms with Crippen molar-refractivity contribution in [1.29, 1.82) is 0 Å². The molecule has 0 unspecified atom stereocenters. The van der Waals surface area contributed by atoms with Crippen LogP contribution in [0.4, 0.5) is 0 Å². The summed E-state index contributed by atoms with van der Waals surface area (Å²) in [5.74, 6) is 2.39. The van der Waals surface area contributed by atoms with Crippen LogP contribution in [0.5, 0.6) is 28.7 Å². The number of phenols is 1. The van der Waals surface area contributed by atoms with Gasteiger partial charge in [-0.25, -0.2) is 0 Å². The molecular weight excluding hydrogens is 406 g/mol. The lowest BCUT2D eigenvalue weighted by Gasteiger charge is -2.16. The summed E-state index contributed by atoms with van der Waals surface area (Å²) >= 11 is 0. The number of phenolic OH excluding ortho intramolecular Hbond substituents is 1. The van der Waals surface area contributed by atoms with Crippen molar-refractivity contribution in [3.8, 4) is 28.7 Å². The maximum Gasteiger partial charge on any atom is 0.203 e. The molecule has 0 aliphatic heterocycles. The summed E-state index contributed by atoms with van der Waals surface area (Å²) in [4.78, 5) is 4.30. The first-order valence-corrected chi connectivity index (χ1v) is 11.2. The Hall–Kier alpha value is -3.15. The molecule has 6 heteroatoms. The summed E-state index contributed by atoms with van der Waals surface area (Å²) in [6, 6.07) is 7.59. The van der Waals surface area contributed by atoms with Crippen LogP contribution in [-0.2, 0) is 6.42 Å². The van der Waals surface area contributed by atoms with Crippen molar-refractivity contribution in [3.63, 3.8) is 0 Å². The quantitative estimate of drug-likeness (QED) is 0.434. The Kier molecular flexibility index (Phi) is 11.8. The Morgan fingerprint density at radius 3 is 1.91 bits per heavy atom. The van der Waals surface area contributed by atoms with Crippen LogP contribution in [0.3, 0.4) is 0 Å². The van der Waals surface area contributed by atoms with Crippen LogP contribution in [0.2, 0.25) is 0 Å². The Labute approximate surface area is 192 Å². The molecule has 0 bridgehead atoms. The summed E-state index contributed by atoms with van der Waals surface area (Å²) in [6.45, 7) is 12.8. The molecule has 0 aliphatic rings. The van der Waals surface area contributed by atoms with Crippen LogP contribution in [-0.4, -0.2) is 37.5 Å². The third-order valence-corrected chi connectivity index (χ3v) is 4.46. The van der Waals surface area contributed by atoms with Crippen molar-refractivity contribution in [2.45, 2.75) is 48.0 Å². The van der Waals surface area contributed by atoms with E-state index in [1.165, 1.54) is 0 Å².